The van der Waals surface area contributed by atoms with E-state index in [2.05, 4.69) is 16.5 Å². The minimum absolute atomic E-state index is 0.599. The van der Waals surface area contributed by atoms with E-state index in [9.17, 15) is 8.42 Å². The summed E-state index contributed by atoms with van der Waals surface area (Å²) in [5.74, 6) is 0. The lowest BCUT2D eigenvalue weighted by Crippen LogP contribution is -2.26. The maximum absolute atomic E-state index is 11.2. The number of thiocarbonyl (C=S) groups is 1. The van der Waals surface area contributed by atoms with Crippen molar-refractivity contribution >= 4 is 38.6 Å². The van der Waals surface area contributed by atoms with Gasteiger partial charge in [0.2, 0.25) is 10.0 Å². The molecule has 6 heteroatoms. The molecular weight excluding hydrogens is 280 g/mol. The van der Waals surface area contributed by atoms with Crippen molar-refractivity contribution < 1.29 is 8.42 Å². The van der Waals surface area contributed by atoms with Gasteiger partial charge in [0.15, 0.2) is 0 Å². The summed E-state index contributed by atoms with van der Waals surface area (Å²) in [4.78, 5) is 3.07. The Morgan fingerprint density at radius 1 is 1.42 bits per heavy atom. The molecule has 19 heavy (non-hydrogen) atoms. The van der Waals surface area contributed by atoms with Gasteiger partial charge in [0.1, 0.15) is 0 Å². The van der Waals surface area contributed by atoms with Crippen LogP contribution in [0.2, 0.25) is 0 Å². The van der Waals surface area contributed by atoms with Crippen molar-refractivity contribution in [2.75, 3.05) is 22.4 Å². The van der Waals surface area contributed by atoms with Crippen molar-refractivity contribution in [1.82, 2.24) is 0 Å². The van der Waals surface area contributed by atoms with Crippen LogP contribution in [0.4, 0.5) is 11.4 Å². The van der Waals surface area contributed by atoms with Crippen LogP contribution in [0, 0.1) is 0 Å². The van der Waals surface area contributed by atoms with E-state index in [0.29, 0.717) is 12.1 Å². The first-order valence-electron chi connectivity index (χ1n) is 6.32. The summed E-state index contributed by atoms with van der Waals surface area (Å²) >= 11 is 5.40. The van der Waals surface area contributed by atoms with E-state index in [-0.39, 0.29) is 0 Å². The van der Waals surface area contributed by atoms with Gasteiger partial charge in [-0.2, -0.15) is 0 Å². The fourth-order valence-electron chi connectivity index (χ4n) is 2.22. The number of nitrogens with zero attached hydrogens (tertiary/aromatic N) is 1. The smallest absolute Gasteiger partial charge is 0.229 e. The third-order valence-corrected chi connectivity index (χ3v) is 4.02. The molecule has 1 aliphatic heterocycles. The molecular formula is C13H18N2O2S2. The normalized spacial score (nSPS) is 14.6. The van der Waals surface area contributed by atoms with E-state index in [0.717, 1.165) is 41.9 Å². The lowest BCUT2D eigenvalue weighted by atomic mass is 10.1. The molecule has 0 bridgehead atoms. The monoisotopic (exact) mass is 298 g/mol. The van der Waals surface area contributed by atoms with Crippen LogP contribution in [-0.4, -0.2) is 26.2 Å². The minimum Gasteiger partial charge on any atom is -0.335 e. The number of unbranched alkanes of at least 4 members (excludes halogenated alkanes) is 1. The van der Waals surface area contributed by atoms with Crippen LogP contribution < -0.4 is 9.62 Å². The molecule has 1 aromatic carbocycles. The molecule has 0 saturated heterocycles. The van der Waals surface area contributed by atoms with Gasteiger partial charge in [-0.15, -0.1) is 0 Å². The first-order valence-corrected chi connectivity index (χ1v) is 8.62. The first kappa shape index (κ1) is 14.3. The Balaban J connectivity index is 2.24. The fraction of sp³-hybridized carbons (Fsp3) is 0.462. The Hall–Kier alpha value is -1.14. The summed E-state index contributed by atoms with van der Waals surface area (Å²) in [6, 6.07) is 5.60. The predicted octanol–water partition coefficient (Wildman–Crippen LogP) is 2.55. The lowest BCUT2D eigenvalue weighted by molar-refractivity contribution is 0.607. The van der Waals surface area contributed by atoms with Gasteiger partial charge in [0, 0.05) is 24.3 Å². The Morgan fingerprint density at radius 2 is 2.16 bits per heavy atom. The van der Waals surface area contributed by atoms with Gasteiger partial charge in [-0.25, -0.2) is 8.42 Å². The van der Waals surface area contributed by atoms with Crippen molar-refractivity contribution in [2.24, 2.45) is 0 Å². The Bertz CT molecular complexity index is 597. The number of benzene rings is 1. The summed E-state index contributed by atoms with van der Waals surface area (Å²) in [6.07, 6.45) is 4.09. The van der Waals surface area contributed by atoms with Crippen LogP contribution in [0.15, 0.2) is 18.2 Å². The lowest BCUT2D eigenvalue weighted by Gasteiger charge is -2.19. The second kappa shape index (κ2) is 5.46. The van der Waals surface area contributed by atoms with Crippen LogP contribution in [0.5, 0.6) is 0 Å². The number of hydrogen-bond acceptors (Lipinski definition) is 3. The third kappa shape index (κ3) is 3.45. The van der Waals surface area contributed by atoms with Crippen molar-refractivity contribution in [3.63, 3.8) is 0 Å². The van der Waals surface area contributed by atoms with E-state index in [1.165, 1.54) is 0 Å². The Kier molecular flexibility index (Phi) is 4.10. The number of sulfonamides is 1. The highest BCUT2D eigenvalue weighted by Gasteiger charge is 2.23. The molecule has 1 aliphatic rings. The van der Waals surface area contributed by atoms with Gasteiger partial charge in [0.25, 0.3) is 0 Å². The van der Waals surface area contributed by atoms with E-state index in [1.54, 1.807) is 6.07 Å². The Labute approximate surface area is 119 Å². The maximum atomic E-state index is 11.2. The number of rotatable bonds is 5. The zero-order chi connectivity index (χ0) is 14.0. The van der Waals surface area contributed by atoms with E-state index < -0.39 is 10.0 Å². The van der Waals surface area contributed by atoms with Gasteiger partial charge in [-0.1, -0.05) is 25.6 Å². The van der Waals surface area contributed by atoms with Crippen molar-refractivity contribution in [3.8, 4) is 0 Å². The van der Waals surface area contributed by atoms with Crippen molar-refractivity contribution in [1.29, 1.82) is 0 Å². The molecule has 0 unspecified atom stereocenters. The Morgan fingerprint density at radius 3 is 2.79 bits per heavy atom. The predicted molar refractivity (Wildman–Crippen MR) is 83.5 cm³/mol. The average molecular weight is 298 g/mol. The fourth-order valence-corrected chi connectivity index (χ4v) is 3.12. The molecule has 4 nitrogen and oxygen atoms in total. The minimum atomic E-state index is -3.23. The summed E-state index contributed by atoms with van der Waals surface area (Å²) < 4.78 is 24.9. The SMILES string of the molecule is CCCCN1C(=S)Cc2cc(NS(C)(=O)=O)ccc21. The van der Waals surface area contributed by atoms with Gasteiger partial charge < -0.3 is 4.90 Å². The second-order valence-electron chi connectivity index (χ2n) is 4.79. The standard InChI is InChI=1S/C13H18N2O2S2/c1-3-4-7-15-12-6-5-11(14-19(2,16)17)8-10(12)9-13(15)18/h5-6,8,14H,3-4,7,9H2,1-2H3. The van der Waals surface area contributed by atoms with Gasteiger partial charge in [-0.05, 0) is 30.2 Å². The van der Waals surface area contributed by atoms with Gasteiger partial charge in [-0.3, -0.25) is 4.72 Å². The molecule has 1 heterocycles. The molecule has 0 fully saturated rings. The zero-order valence-electron chi connectivity index (χ0n) is 11.1. The molecule has 0 radical (unpaired) electrons. The number of anilines is 2. The van der Waals surface area contributed by atoms with E-state index in [1.807, 2.05) is 12.1 Å². The molecule has 1 N–H and O–H groups in total. The molecule has 0 amide bonds. The maximum Gasteiger partial charge on any atom is 0.229 e. The van der Waals surface area contributed by atoms with Crippen LogP contribution >= 0.6 is 12.2 Å². The largest absolute Gasteiger partial charge is 0.335 e. The van der Waals surface area contributed by atoms with Crippen molar-refractivity contribution in [2.45, 2.75) is 26.2 Å². The highest BCUT2D eigenvalue weighted by Crippen LogP contribution is 2.32. The quantitative estimate of drug-likeness (QED) is 0.849. The second-order valence-corrected chi connectivity index (χ2v) is 7.01. The van der Waals surface area contributed by atoms with Gasteiger partial charge >= 0.3 is 0 Å². The van der Waals surface area contributed by atoms with Crippen molar-refractivity contribution in [3.05, 3.63) is 23.8 Å². The topological polar surface area (TPSA) is 49.4 Å². The molecule has 2 rings (SSSR count). The summed E-state index contributed by atoms with van der Waals surface area (Å²) in [6.45, 7) is 3.08. The van der Waals surface area contributed by atoms with Crippen LogP contribution in [0.25, 0.3) is 0 Å². The van der Waals surface area contributed by atoms with Crippen LogP contribution in [-0.2, 0) is 16.4 Å². The highest BCUT2D eigenvalue weighted by molar-refractivity contribution is 7.92. The third-order valence-electron chi connectivity index (χ3n) is 3.05. The molecule has 0 aliphatic carbocycles. The number of hydrogen-bond donors (Lipinski definition) is 1. The molecule has 0 saturated carbocycles. The van der Waals surface area contributed by atoms with E-state index in [4.69, 9.17) is 12.2 Å². The van der Waals surface area contributed by atoms with E-state index >= 15 is 0 Å². The first-order chi connectivity index (χ1) is 8.90. The average Bonchev–Trinajstić information content (AvgIpc) is 2.59. The molecule has 0 aromatic heterocycles. The number of nitrogens with one attached hydrogen (secondary N) is 1. The summed E-state index contributed by atoms with van der Waals surface area (Å²) in [5, 5.41) is 0. The molecule has 0 atom stereocenters. The van der Waals surface area contributed by atoms with Crippen LogP contribution in [0.1, 0.15) is 25.3 Å². The van der Waals surface area contributed by atoms with Gasteiger partial charge in [0.05, 0.1) is 11.2 Å². The molecule has 0 spiro atoms. The highest BCUT2D eigenvalue weighted by atomic mass is 32.2. The van der Waals surface area contributed by atoms with Crippen LogP contribution in [0.3, 0.4) is 0 Å². The number of fused-ring (bicyclic) bond motifs is 1. The summed E-state index contributed by atoms with van der Waals surface area (Å²) in [7, 11) is -3.23. The summed E-state index contributed by atoms with van der Waals surface area (Å²) in [5.41, 5.74) is 2.80. The molecule has 1 aromatic rings. The molecule has 104 valence electrons. The zero-order valence-corrected chi connectivity index (χ0v) is 12.8.